The number of hydrogen-bond donors (Lipinski definition) is 2. The molecule has 1 aliphatic rings. The lowest BCUT2D eigenvalue weighted by molar-refractivity contribution is -0.119. The molecule has 0 bridgehead atoms. The standard InChI is InChI=1S/C21H33N5O.BrH/c1-17-19(20(27)26(25-17)18-13-9-8-10-14-18)15-11-6-4-2-3-5-7-12-16-24-21(22)23;/h8-10,13-14,19H,2-7,11-12,15-16H2,1H3,(H4,22,23,24);1H. The predicted molar refractivity (Wildman–Crippen MR) is 123 cm³/mol. The third-order valence-electron chi connectivity index (χ3n) is 4.96. The van der Waals surface area contributed by atoms with E-state index in [1.807, 2.05) is 37.3 Å². The lowest BCUT2D eigenvalue weighted by atomic mass is 9.96. The highest BCUT2D eigenvalue weighted by Gasteiger charge is 2.33. The molecular formula is C21H34BrN5O. The van der Waals surface area contributed by atoms with Gasteiger partial charge in [-0.3, -0.25) is 9.79 Å². The zero-order chi connectivity index (χ0) is 19.5. The SMILES string of the molecule is Br.CC1=NN(c2ccccc2)C(=O)C1CCCCCCCCCCN=C(N)N. The van der Waals surface area contributed by atoms with E-state index in [4.69, 9.17) is 11.5 Å². The monoisotopic (exact) mass is 451 g/mol. The second kappa shape index (κ2) is 13.3. The van der Waals surface area contributed by atoms with Crippen LogP contribution in [0.5, 0.6) is 0 Å². The lowest BCUT2D eigenvalue weighted by Crippen LogP contribution is -2.26. The lowest BCUT2D eigenvalue weighted by Gasteiger charge is -2.14. The number of carbonyl (C=O) groups excluding carboxylic acids is 1. The zero-order valence-electron chi connectivity index (χ0n) is 16.8. The molecule has 1 unspecified atom stereocenters. The molecule has 0 saturated carbocycles. The van der Waals surface area contributed by atoms with E-state index in [0.29, 0.717) is 0 Å². The highest BCUT2D eigenvalue weighted by molar-refractivity contribution is 8.93. The van der Waals surface area contributed by atoms with Gasteiger partial charge in [-0.05, 0) is 31.9 Å². The Balaban J connectivity index is 0.00000392. The van der Waals surface area contributed by atoms with Gasteiger partial charge in [0.15, 0.2) is 5.96 Å². The molecule has 2 rings (SSSR count). The van der Waals surface area contributed by atoms with Crippen LogP contribution in [0.4, 0.5) is 5.69 Å². The van der Waals surface area contributed by atoms with Gasteiger partial charge < -0.3 is 11.5 Å². The first-order chi connectivity index (χ1) is 13.1. The van der Waals surface area contributed by atoms with Crippen LogP contribution in [0.25, 0.3) is 0 Å². The van der Waals surface area contributed by atoms with Crippen molar-refractivity contribution in [2.24, 2.45) is 27.5 Å². The Morgan fingerprint density at radius 2 is 1.57 bits per heavy atom. The smallest absolute Gasteiger partial charge is 0.256 e. The number of guanidine groups is 1. The Morgan fingerprint density at radius 1 is 1.00 bits per heavy atom. The van der Waals surface area contributed by atoms with E-state index in [1.165, 1.54) is 38.5 Å². The Kier molecular flexibility index (Phi) is 11.5. The average Bonchev–Trinajstić information content (AvgIpc) is 2.94. The maximum absolute atomic E-state index is 12.6. The van der Waals surface area contributed by atoms with Crippen molar-refractivity contribution in [2.45, 2.75) is 64.7 Å². The minimum absolute atomic E-state index is 0. The molecule has 1 heterocycles. The van der Waals surface area contributed by atoms with E-state index >= 15 is 0 Å². The first-order valence-corrected chi connectivity index (χ1v) is 10.1. The van der Waals surface area contributed by atoms with Crippen LogP contribution >= 0.6 is 17.0 Å². The molecule has 0 spiro atoms. The van der Waals surface area contributed by atoms with Gasteiger partial charge in [0.1, 0.15) is 0 Å². The normalized spacial score (nSPS) is 15.9. The van der Waals surface area contributed by atoms with Gasteiger partial charge in [0, 0.05) is 12.3 Å². The van der Waals surface area contributed by atoms with Crippen LogP contribution in [0.2, 0.25) is 0 Å². The van der Waals surface area contributed by atoms with Crippen LogP contribution in [-0.4, -0.2) is 24.1 Å². The Hall–Kier alpha value is -1.89. The molecule has 1 aromatic carbocycles. The summed E-state index contributed by atoms with van der Waals surface area (Å²) in [5.74, 6) is 0.239. The van der Waals surface area contributed by atoms with Crippen molar-refractivity contribution in [2.75, 3.05) is 11.6 Å². The molecule has 28 heavy (non-hydrogen) atoms. The number of unbranched alkanes of at least 4 members (excludes halogenated alkanes) is 7. The van der Waals surface area contributed by atoms with Gasteiger partial charge >= 0.3 is 0 Å². The van der Waals surface area contributed by atoms with Gasteiger partial charge in [-0.2, -0.15) is 5.10 Å². The summed E-state index contributed by atoms with van der Waals surface area (Å²) in [6, 6.07) is 9.66. The number of nitrogens with zero attached hydrogens (tertiary/aromatic N) is 3. The third-order valence-corrected chi connectivity index (χ3v) is 4.96. The van der Waals surface area contributed by atoms with Gasteiger partial charge in [0.25, 0.3) is 5.91 Å². The van der Waals surface area contributed by atoms with Crippen LogP contribution in [-0.2, 0) is 4.79 Å². The van der Waals surface area contributed by atoms with Crippen LogP contribution in [0.3, 0.4) is 0 Å². The Bertz CT molecular complexity index is 643. The third kappa shape index (κ3) is 8.00. The molecule has 0 radical (unpaired) electrons. The predicted octanol–water partition coefficient (Wildman–Crippen LogP) is 4.39. The van der Waals surface area contributed by atoms with Crippen LogP contribution < -0.4 is 16.5 Å². The van der Waals surface area contributed by atoms with E-state index in [2.05, 4.69) is 10.1 Å². The summed E-state index contributed by atoms with van der Waals surface area (Å²) in [7, 11) is 0. The quantitative estimate of drug-likeness (QED) is 0.280. The van der Waals surface area contributed by atoms with Gasteiger partial charge in [-0.25, -0.2) is 5.01 Å². The molecule has 0 aliphatic carbocycles. The summed E-state index contributed by atoms with van der Waals surface area (Å²) in [6.07, 6.45) is 10.4. The van der Waals surface area contributed by atoms with Crippen LogP contribution in [0, 0.1) is 5.92 Å². The maximum atomic E-state index is 12.6. The number of benzene rings is 1. The van der Waals surface area contributed by atoms with Gasteiger partial charge in [0.05, 0.1) is 11.6 Å². The van der Waals surface area contributed by atoms with E-state index in [-0.39, 0.29) is 34.8 Å². The number of halogens is 1. The molecule has 0 saturated heterocycles. The van der Waals surface area contributed by atoms with Crippen molar-refractivity contribution < 1.29 is 4.79 Å². The fraction of sp³-hybridized carbons (Fsp3) is 0.571. The minimum atomic E-state index is -0.0549. The highest BCUT2D eigenvalue weighted by atomic mass is 79.9. The second-order valence-electron chi connectivity index (χ2n) is 7.20. The number of hydrogen-bond acceptors (Lipinski definition) is 3. The Labute approximate surface area is 179 Å². The summed E-state index contributed by atoms with van der Waals surface area (Å²) in [5, 5.41) is 6.03. The molecule has 4 N–H and O–H groups in total. The van der Waals surface area contributed by atoms with Crippen molar-refractivity contribution in [1.82, 2.24) is 0 Å². The number of para-hydroxylation sites is 1. The van der Waals surface area contributed by atoms with Gasteiger partial charge in [-0.15, -0.1) is 17.0 Å². The van der Waals surface area contributed by atoms with Crippen molar-refractivity contribution in [3.8, 4) is 0 Å². The molecular weight excluding hydrogens is 418 g/mol. The number of hydrazone groups is 1. The molecule has 0 fully saturated rings. The first-order valence-electron chi connectivity index (χ1n) is 10.1. The van der Waals surface area contributed by atoms with E-state index in [0.717, 1.165) is 37.2 Å². The maximum Gasteiger partial charge on any atom is 0.256 e. The summed E-state index contributed by atoms with van der Waals surface area (Å²) in [5.41, 5.74) is 12.4. The summed E-state index contributed by atoms with van der Waals surface area (Å²) in [6.45, 7) is 2.70. The van der Waals surface area contributed by atoms with Crippen LogP contribution in [0.15, 0.2) is 40.4 Å². The Morgan fingerprint density at radius 3 is 2.18 bits per heavy atom. The summed E-state index contributed by atoms with van der Waals surface area (Å²) in [4.78, 5) is 16.6. The van der Waals surface area contributed by atoms with E-state index in [9.17, 15) is 4.79 Å². The largest absolute Gasteiger partial charge is 0.370 e. The summed E-state index contributed by atoms with van der Waals surface area (Å²) >= 11 is 0. The van der Waals surface area contributed by atoms with Crippen molar-refractivity contribution in [1.29, 1.82) is 0 Å². The zero-order valence-corrected chi connectivity index (χ0v) is 18.6. The molecule has 1 aromatic rings. The van der Waals surface area contributed by atoms with Crippen LogP contribution in [0.1, 0.15) is 64.7 Å². The minimum Gasteiger partial charge on any atom is -0.370 e. The van der Waals surface area contributed by atoms with Gasteiger partial charge in [-0.1, -0.05) is 63.1 Å². The molecule has 6 nitrogen and oxygen atoms in total. The van der Waals surface area contributed by atoms with Crippen molar-refractivity contribution >= 4 is 40.2 Å². The number of carbonyl (C=O) groups is 1. The number of nitrogens with two attached hydrogens (primary N) is 2. The van der Waals surface area contributed by atoms with Gasteiger partial charge in [0.2, 0.25) is 0 Å². The molecule has 1 atom stereocenters. The molecule has 1 aliphatic heterocycles. The molecule has 1 amide bonds. The molecule has 7 heteroatoms. The fourth-order valence-electron chi connectivity index (χ4n) is 3.42. The fourth-order valence-corrected chi connectivity index (χ4v) is 3.42. The van der Waals surface area contributed by atoms with E-state index in [1.54, 1.807) is 5.01 Å². The van der Waals surface area contributed by atoms with Crippen molar-refractivity contribution in [3.05, 3.63) is 30.3 Å². The number of aliphatic imine (C=N–C) groups is 1. The molecule has 0 aromatic heterocycles. The number of anilines is 1. The second-order valence-corrected chi connectivity index (χ2v) is 7.20. The van der Waals surface area contributed by atoms with Crippen molar-refractivity contribution in [3.63, 3.8) is 0 Å². The topological polar surface area (TPSA) is 97.1 Å². The average molecular weight is 452 g/mol. The first kappa shape index (κ1) is 24.1. The highest BCUT2D eigenvalue weighted by Crippen LogP contribution is 2.26. The molecule has 156 valence electrons. The number of amides is 1. The van der Waals surface area contributed by atoms with E-state index < -0.39 is 0 Å². The summed E-state index contributed by atoms with van der Waals surface area (Å²) < 4.78 is 0. The number of rotatable bonds is 12.